The molecule has 0 radical (unpaired) electrons. The number of carbonyl (C=O) groups is 1. The number of amides is 1. The molecule has 2 aromatic rings. The van der Waals surface area contributed by atoms with Gasteiger partial charge in [0.2, 0.25) is 0 Å². The van der Waals surface area contributed by atoms with E-state index in [1.54, 1.807) is 6.07 Å². The van der Waals surface area contributed by atoms with Gasteiger partial charge in [0.1, 0.15) is 17.8 Å². The average molecular weight is 472 g/mol. The second-order valence-electron chi connectivity index (χ2n) is 7.29. The highest BCUT2D eigenvalue weighted by atomic mass is 19.4. The fourth-order valence-corrected chi connectivity index (χ4v) is 3.69. The largest absolute Gasteiger partial charge is 0.426 e. The number of benzene rings is 2. The smallest absolute Gasteiger partial charge is 0.336 e. The van der Waals surface area contributed by atoms with E-state index in [1.807, 2.05) is 0 Å². The Morgan fingerprint density at radius 1 is 1.03 bits per heavy atom. The highest BCUT2D eigenvalue weighted by molar-refractivity contribution is 6.02. The topological polar surface area (TPSA) is 59.7 Å². The number of likely N-dealkylation sites (N-methyl/N-ethyl adjacent to an activating group) is 2. The predicted molar refractivity (Wildman–Crippen MR) is 103 cm³/mol. The Morgan fingerprint density at radius 2 is 1.55 bits per heavy atom. The molecule has 0 bridgehead atoms. The van der Waals surface area contributed by atoms with Crippen molar-refractivity contribution in [3.8, 4) is 6.07 Å². The molecule has 1 atom stereocenters. The molecule has 3 rings (SSSR count). The van der Waals surface area contributed by atoms with Crippen LogP contribution in [-0.4, -0.2) is 59.7 Å². The Morgan fingerprint density at radius 3 is 2.00 bits per heavy atom. The normalized spacial score (nSPS) is 18.0. The first kappa shape index (κ1) is 24.0. The minimum atomic E-state index is -5.93. The van der Waals surface area contributed by atoms with Crippen LogP contribution in [-0.2, 0) is 0 Å². The van der Waals surface area contributed by atoms with E-state index in [9.17, 15) is 35.5 Å². The summed E-state index contributed by atoms with van der Waals surface area (Å²) in [6.07, 6.45) is -14.5. The van der Waals surface area contributed by atoms with Crippen LogP contribution in [0.3, 0.4) is 0 Å². The highest BCUT2D eigenvalue weighted by Crippen LogP contribution is 2.53. The third-order valence-corrected chi connectivity index (χ3v) is 5.27. The number of nitriles is 1. The van der Waals surface area contributed by atoms with Crippen molar-refractivity contribution < 1.29 is 35.5 Å². The molecule has 1 aliphatic heterocycles. The van der Waals surface area contributed by atoms with Crippen molar-refractivity contribution in [3.05, 3.63) is 71.0 Å². The molecule has 5 nitrogen and oxygen atoms in total. The highest BCUT2D eigenvalue weighted by Gasteiger charge is 2.79. The van der Waals surface area contributed by atoms with Crippen molar-refractivity contribution in [2.75, 3.05) is 14.1 Å². The maximum absolute atomic E-state index is 14.1. The summed E-state index contributed by atoms with van der Waals surface area (Å²) in [4.78, 5) is 16.8. The van der Waals surface area contributed by atoms with Gasteiger partial charge in [-0.3, -0.25) is 4.79 Å². The standard InChI is InChI=1S/C21H15F7N4O/c1-31-16(13-5-3-12(11-29)4-6-13)30-19(20(23,24)25,21(26,27)28)18(31)32(2)17(33)14-7-9-15(22)10-8-14/h3-10,18H,1-2H3. The molecule has 0 fully saturated rings. The van der Waals surface area contributed by atoms with E-state index in [0.717, 1.165) is 50.5 Å². The summed E-state index contributed by atoms with van der Waals surface area (Å²) in [6, 6.07) is 10.2. The molecule has 174 valence electrons. The second kappa shape index (κ2) is 8.06. The molecule has 1 amide bonds. The minimum absolute atomic E-state index is 0.112. The van der Waals surface area contributed by atoms with Gasteiger partial charge < -0.3 is 9.80 Å². The lowest BCUT2D eigenvalue weighted by molar-refractivity contribution is -0.311. The van der Waals surface area contributed by atoms with Gasteiger partial charge in [-0.05, 0) is 48.5 Å². The van der Waals surface area contributed by atoms with Crippen molar-refractivity contribution >= 4 is 11.7 Å². The molecule has 2 aromatic carbocycles. The van der Waals surface area contributed by atoms with E-state index in [2.05, 4.69) is 4.99 Å². The molecule has 0 aliphatic carbocycles. The van der Waals surface area contributed by atoms with Crippen LogP contribution < -0.4 is 0 Å². The number of nitrogens with zero attached hydrogens (tertiary/aromatic N) is 4. The van der Waals surface area contributed by atoms with Crippen LogP contribution in [0.4, 0.5) is 30.7 Å². The van der Waals surface area contributed by atoms with Crippen LogP contribution in [0.2, 0.25) is 0 Å². The maximum Gasteiger partial charge on any atom is 0.426 e. The second-order valence-corrected chi connectivity index (χ2v) is 7.29. The van der Waals surface area contributed by atoms with E-state index >= 15 is 0 Å². The van der Waals surface area contributed by atoms with Crippen LogP contribution in [0.15, 0.2) is 53.5 Å². The maximum atomic E-state index is 14.1. The van der Waals surface area contributed by atoms with Gasteiger partial charge in [0.15, 0.2) is 0 Å². The molecule has 1 unspecified atom stereocenters. The predicted octanol–water partition coefficient (Wildman–Crippen LogP) is 4.35. The zero-order chi connectivity index (χ0) is 24.8. The van der Waals surface area contributed by atoms with Crippen molar-refractivity contribution in [3.63, 3.8) is 0 Å². The zero-order valence-electron chi connectivity index (χ0n) is 17.0. The molecule has 0 saturated heterocycles. The molecule has 0 N–H and O–H groups in total. The third kappa shape index (κ3) is 3.88. The Labute approximate surface area is 183 Å². The fourth-order valence-electron chi connectivity index (χ4n) is 3.69. The van der Waals surface area contributed by atoms with Crippen molar-refractivity contribution in [2.45, 2.75) is 24.1 Å². The Bertz CT molecular complexity index is 1100. The minimum Gasteiger partial charge on any atom is -0.336 e. The summed E-state index contributed by atoms with van der Waals surface area (Å²) in [6.45, 7) is 0. The number of alkyl halides is 6. The fraction of sp³-hybridized carbons (Fsp3) is 0.286. The summed E-state index contributed by atoms with van der Waals surface area (Å²) >= 11 is 0. The Balaban J connectivity index is 2.19. The molecule has 12 heteroatoms. The van der Waals surface area contributed by atoms with Crippen LogP contribution >= 0.6 is 0 Å². The zero-order valence-corrected chi connectivity index (χ0v) is 17.0. The van der Waals surface area contributed by atoms with Gasteiger partial charge >= 0.3 is 12.4 Å². The summed E-state index contributed by atoms with van der Waals surface area (Å²) < 4.78 is 98.0. The van der Waals surface area contributed by atoms with E-state index in [0.29, 0.717) is 4.90 Å². The lowest BCUT2D eigenvalue weighted by Crippen LogP contribution is -2.69. The van der Waals surface area contributed by atoms with Crippen LogP contribution in [0.1, 0.15) is 21.5 Å². The monoisotopic (exact) mass is 472 g/mol. The summed E-state index contributed by atoms with van der Waals surface area (Å²) in [7, 11) is 1.74. The molecule has 1 heterocycles. The van der Waals surface area contributed by atoms with E-state index in [4.69, 9.17) is 5.26 Å². The van der Waals surface area contributed by atoms with Crippen LogP contribution in [0.25, 0.3) is 0 Å². The molecule has 0 spiro atoms. The third-order valence-electron chi connectivity index (χ3n) is 5.27. The van der Waals surface area contributed by atoms with Gasteiger partial charge in [0.25, 0.3) is 11.4 Å². The number of halogens is 7. The molecular formula is C21H15F7N4O. The SMILES string of the molecule is CN(C(=O)c1ccc(F)cc1)C1N(C)C(c2ccc(C#N)cc2)=NC1(C(F)(F)F)C(F)(F)F. The molecule has 33 heavy (non-hydrogen) atoms. The van der Waals surface area contributed by atoms with E-state index in [-0.39, 0.29) is 21.6 Å². The number of hydrogen-bond donors (Lipinski definition) is 0. The van der Waals surface area contributed by atoms with Gasteiger partial charge in [-0.1, -0.05) is 0 Å². The van der Waals surface area contributed by atoms with Crippen molar-refractivity contribution in [1.82, 2.24) is 9.80 Å². The number of rotatable bonds is 3. The summed E-state index contributed by atoms with van der Waals surface area (Å²) in [5, 5.41) is 8.89. The first-order valence-corrected chi connectivity index (χ1v) is 9.24. The van der Waals surface area contributed by atoms with Crippen molar-refractivity contribution in [2.24, 2.45) is 4.99 Å². The van der Waals surface area contributed by atoms with Crippen molar-refractivity contribution in [1.29, 1.82) is 5.26 Å². The number of amidine groups is 1. The van der Waals surface area contributed by atoms with Gasteiger partial charge in [-0.15, -0.1) is 0 Å². The van der Waals surface area contributed by atoms with Gasteiger partial charge in [0, 0.05) is 25.2 Å². The van der Waals surface area contributed by atoms with Crippen LogP contribution in [0.5, 0.6) is 0 Å². The first-order valence-electron chi connectivity index (χ1n) is 9.24. The Hall–Kier alpha value is -3.62. The lowest BCUT2D eigenvalue weighted by Gasteiger charge is -2.42. The molecule has 0 saturated carbocycles. The Kier molecular flexibility index (Phi) is 5.87. The number of hydrogen-bond acceptors (Lipinski definition) is 4. The number of carbonyl (C=O) groups excluding carboxylic acids is 1. The van der Waals surface area contributed by atoms with Gasteiger partial charge in [-0.2, -0.15) is 31.6 Å². The molecular weight excluding hydrogens is 457 g/mol. The molecule has 1 aliphatic rings. The molecule has 0 aromatic heterocycles. The summed E-state index contributed by atoms with van der Waals surface area (Å²) in [5.74, 6) is -2.60. The van der Waals surface area contributed by atoms with E-state index in [1.165, 1.54) is 12.1 Å². The average Bonchev–Trinajstić information content (AvgIpc) is 3.07. The van der Waals surface area contributed by atoms with Gasteiger partial charge in [0.05, 0.1) is 11.6 Å². The lowest BCUT2D eigenvalue weighted by atomic mass is 9.93. The van der Waals surface area contributed by atoms with E-state index < -0.39 is 41.6 Å². The van der Waals surface area contributed by atoms with Crippen LogP contribution in [0, 0.1) is 17.1 Å². The summed E-state index contributed by atoms with van der Waals surface area (Å²) in [5.41, 5.74) is -4.95. The quantitative estimate of drug-likeness (QED) is 0.625. The van der Waals surface area contributed by atoms with Gasteiger partial charge in [-0.25, -0.2) is 9.38 Å². The number of aliphatic imine (C=N–C) groups is 1. The first-order chi connectivity index (χ1) is 15.2.